The summed E-state index contributed by atoms with van der Waals surface area (Å²) < 4.78 is 10.7. The molecule has 2 aliphatic heterocycles. The Bertz CT molecular complexity index is 460. The minimum absolute atomic E-state index is 0.615. The third-order valence-corrected chi connectivity index (χ3v) is 4.33. The molecule has 5 nitrogen and oxygen atoms in total. The summed E-state index contributed by atoms with van der Waals surface area (Å²) >= 11 is 0. The molecular formula is C15H23N3O2. The van der Waals surface area contributed by atoms with Crippen LogP contribution in [0.2, 0.25) is 0 Å². The minimum Gasteiger partial charge on any atom is -0.495 e. The van der Waals surface area contributed by atoms with E-state index in [0.717, 1.165) is 56.5 Å². The quantitative estimate of drug-likeness (QED) is 0.841. The predicted molar refractivity (Wildman–Crippen MR) is 80.4 cm³/mol. The second-order valence-electron chi connectivity index (χ2n) is 5.43. The Morgan fingerprint density at radius 2 is 2.05 bits per heavy atom. The van der Waals surface area contributed by atoms with Crippen LogP contribution in [0.3, 0.4) is 0 Å². The molecule has 2 fully saturated rings. The number of anilines is 2. The average Bonchev–Trinajstić information content (AvgIpc) is 2.98. The van der Waals surface area contributed by atoms with Crippen molar-refractivity contribution in [2.45, 2.75) is 12.5 Å². The molecule has 2 N–H and O–H groups in total. The van der Waals surface area contributed by atoms with Crippen LogP contribution in [-0.2, 0) is 4.74 Å². The Kier molecular flexibility index (Phi) is 3.98. The van der Waals surface area contributed by atoms with E-state index in [0.29, 0.717) is 6.04 Å². The second kappa shape index (κ2) is 5.89. The molecule has 0 radical (unpaired) electrons. The Hall–Kier alpha value is -1.46. The number of benzene rings is 1. The SMILES string of the molecule is COc1cccc(N2CCC(N3CCOCC3)C2)c1N. The van der Waals surface area contributed by atoms with Crippen molar-refractivity contribution in [1.29, 1.82) is 0 Å². The molecule has 0 saturated carbocycles. The van der Waals surface area contributed by atoms with Gasteiger partial charge in [0.2, 0.25) is 0 Å². The number of hydrogen-bond donors (Lipinski definition) is 1. The molecule has 2 saturated heterocycles. The maximum atomic E-state index is 6.20. The van der Waals surface area contributed by atoms with E-state index in [1.807, 2.05) is 12.1 Å². The summed E-state index contributed by atoms with van der Waals surface area (Å²) in [6.07, 6.45) is 1.19. The lowest BCUT2D eigenvalue weighted by atomic mass is 10.2. The Labute approximate surface area is 120 Å². The molecule has 3 rings (SSSR count). The molecule has 0 amide bonds. The van der Waals surface area contributed by atoms with Crippen LogP contribution >= 0.6 is 0 Å². The van der Waals surface area contributed by atoms with Crippen LogP contribution in [-0.4, -0.2) is 57.4 Å². The van der Waals surface area contributed by atoms with E-state index in [2.05, 4.69) is 15.9 Å². The van der Waals surface area contributed by atoms with Crippen molar-refractivity contribution in [2.24, 2.45) is 0 Å². The number of methoxy groups -OCH3 is 1. The summed E-state index contributed by atoms with van der Waals surface area (Å²) in [5.41, 5.74) is 8.04. The summed E-state index contributed by atoms with van der Waals surface area (Å²) in [4.78, 5) is 4.91. The topological polar surface area (TPSA) is 51.0 Å². The van der Waals surface area contributed by atoms with E-state index in [1.54, 1.807) is 7.11 Å². The smallest absolute Gasteiger partial charge is 0.143 e. The second-order valence-corrected chi connectivity index (χ2v) is 5.43. The van der Waals surface area contributed by atoms with E-state index in [4.69, 9.17) is 15.2 Å². The number of morpholine rings is 1. The zero-order valence-corrected chi connectivity index (χ0v) is 12.0. The third kappa shape index (κ3) is 2.55. The van der Waals surface area contributed by atoms with E-state index in [-0.39, 0.29) is 0 Å². The highest BCUT2D eigenvalue weighted by molar-refractivity contribution is 5.74. The van der Waals surface area contributed by atoms with Crippen molar-refractivity contribution in [3.63, 3.8) is 0 Å². The molecule has 0 aliphatic carbocycles. The third-order valence-electron chi connectivity index (χ3n) is 4.33. The fourth-order valence-electron chi connectivity index (χ4n) is 3.19. The van der Waals surface area contributed by atoms with Crippen LogP contribution in [0, 0.1) is 0 Å². The molecule has 1 aromatic carbocycles. The molecule has 0 bridgehead atoms. The molecule has 2 aliphatic rings. The van der Waals surface area contributed by atoms with E-state index < -0.39 is 0 Å². The van der Waals surface area contributed by atoms with Crippen LogP contribution < -0.4 is 15.4 Å². The van der Waals surface area contributed by atoms with Crippen molar-refractivity contribution < 1.29 is 9.47 Å². The maximum absolute atomic E-state index is 6.20. The molecule has 20 heavy (non-hydrogen) atoms. The van der Waals surface area contributed by atoms with Gasteiger partial charge in [0.15, 0.2) is 0 Å². The molecule has 110 valence electrons. The van der Waals surface area contributed by atoms with Gasteiger partial charge in [-0.1, -0.05) is 6.07 Å². The molecule has 1 atom stereocenters. The number of rotatable bonds is 3. The van der Waals surface area contributed by atoms with Gasteiger partial charge in [-0.2, -0.15) is 0 Å². The van der Waals surface area contributed by atoms with Crippen molar-refractivity contribution in [3.8, 4) is 5.75 Å². The number of hydrogen-bond acceptors (Lipinski definition) is 5. The highest BCUT2D eigenvalue weighted by Crippen LogP contribution is 2.34. The number of nitrogen functional groups attached to an aromatic ring is 1. The van der Waals surface area contributed by atoms with E-state index >= 15 is 0 Å². The van der Waals surface area contributed by atoms with Crippen LogP contribution in [0.25, 0.3) is 0 Å². The molecular weight excluding hydrogens is 254 g/mol. The lowest BCUT2D eigenvalue weighted by Gasteiger charge is -2.32. The van der Waals surface area contributed by atoms with Crippen LogP contribution in [0.15, 0.2) is 18.2 Å². The lowest BCUT2D eigenvalue weighted by Crippen LogP contribution is -2.44. The zero-order valence-electron chi connectivity index (χ0n) is 12.0. The summed E-state index contributed by atoms with van der Waals surface area (Å²) in [6.45, 7) is 5.91. The summed E-state index contributed by atoms with van der Waals surface area (Å²) in [5, 5.41) is 0. The Balaban J connectivity index is 1.70. The van der Waals surface area contributed by atoms with Crippen LogP contribution in [0.4, 0.5) is 11.4 Å². The van der Waals surface area contributed by atoms with Crippen molar-refractivity contribution in [3.05, 3.63) is 18.2 Å². The predicted octanol–water partition coefficient (Wildman–Crippen LogP) is 1.19. The van der Waals surface area contributed by atoms with Crippen molar-refractivity contribution >= 4 is 11.4 Å². The van der Waals surface area contributed by atoms with Crippen molar-refractivity contribution in [2.75, 3.05) is 57.1 Å². The standard InChI is InChI=1S/C15H23N3O2/c1-19-14-4-2-3-13(15(14)16)18-6-5-12(11-18)17-7-9-20-10-8-17/h2-4,12H,5-11,16H2,1H3. The molecule has 5 heteroatoms. The number of para-hydroxylation sites is 1. The average molecular weight is 277 g/mol. The van der Waals surface area contributed by atoms with Gasteiger partial charge in [-0.15, -0.1) is 0 Å². The first-order valence-corrected chi connectivity index (χ1v) is 7.29. The number of nitrogens with two attached hydrogens (primary N) is 1. The van der Waals surface area contributed by atoms with Gasteiger partial charge >= 0.3 is 0 Å². The monoisotopic (exact) mass is 277 g/mol. The minimum atomic E-state index is 0.615. The van der Waals surface area contributed by atoms with Crippen LogP contribution in [0.5, 0.6) is 5.75 Å². The molecule has 0 spiro atoms. The first-order chi connectivity index (χ1) is 9.79. The molecule has 1 unspecified atom stereocenters. The maximum Gasteiger partial charge on any atom is 0.143 e. The highest BCUT2D eigenvalue weighted by atomic mass is 16.5. The van der Waals surface area contributed by atoms with E-state index in [1.165, 1.54) is 6.42 Å². The van der Waals surface area contributed by atoms with Crippen LogP contribution in [0.1, 0.15) is 6.42 Å². The summed E-state index contributed by atoms with van der Waals surface area (Å²) in [7, 11) is 1.66. The van der Waals surface area contributed by atoms with Crippen molar-refractivity contribution in [1.82, 2.24) is 4.90 Å². The normalized spacial score (nSPS) is 24.1. The fraction of sp³-hybridized carbons (Fsp3) is 0.600. The van der Waals surface area contributed by atoms with Gasteiger partial charge in [-0.05, 0) is 18.6 Å². The van der Waals surface area contributed by atoms with Gasteiger partial charge in [0, 0.05) is 32.2 Å². The number of ether oxygens (including phenoxy) is 2. The summed E-state index contributed by atoms with van der Waals surface area (Å²) in [5.74, 6) is 0.761. The molecule has 2 heterocycles. The first-order valence-electron chi connectivity index (χ1n) is 7.29. The summed E-state index contributed by atoms with van der Waals surface area (Å²) in [6, 6.07) is 6.62. The van der Waals surface area contributed by atoms with E-state index in [9.17, 15) is 0 Å². The molecule has 1 aromatic rings. The molecule has 0 aromatic heterocycles. The largest absolute Gasteiger partial charge is 0.495 e. The van der Waals surface area contributed by atoms with Gasteiger partial charge in [0.1, 0.15) is 5.75 Å². The lowest BCUT2D eigenvalue weighted by molar-refractivity contribution is 0.0209. The highest BCUT2D eigenvalue weighted by Gasteiger charge is 2.29. The first kappa shape index (κ1) is 13.5. The Morgan fingerprint density at radius 3 is 2.80 bits per heavy atom. The van der Waals surface area contributed by atoms with Gasteiger partial charge < -0.3 is 20.1 Å². The Morgan fingerprint density at radius 1 is 1.25 bits per heavy atom. The van der Waals surface area contributed by atoms with Gasteiger partial charge in [0.05, 0.1) is 31.7 Å². The zero-order chi connectivity index (χ0) is 13.9. The van der Waals surface area contributed by atoms with Gasteiger partial charge in [-0.3, -0.25) is 4.90 Å². The van der Waals surface area contributed by atoms with Gasteiger partial charge in [-0.25, -0.2) is 0 Å². The fourth-order valence-corrected chi connectivity index (χ4v) is 3.19. The number of nitrogens with zero attached hydrogens (tertiary/aromatic N) is 2. The van der Waals surface area contributed by atoms with Gasteiger partial charge in [0.25, 0.3) is 0 Å².